The number of sulfonamides is 1. The number of carbonyl (C=O) groups excluding carboxylic acids is 1. The second-order valence-electron chi connectivity index (χ2n) is 6.07. The molecule has 1 amide bonds. The summed E-state index contributed by atoms with van der Waals surface area (Å²) in [5.41, 5.74) is 1.82. The van der Waals surface area contributed by atoms with Crippen LogP contribution in [0.15, 0.2) is 42.5 Å². The lowest BCUT2D eigenvalue weighted by Crippen LogP contribution is -2.41. The highest BCUT2D eigenvalue weighted by molar-refractivity contribution is 7.92. The fourth-order valence-electron chi connectivity index (χ4n) is 2.40. The van der Waals surface area contributed by atoms with Crippen LogP contribution in [-0.4, -0.2) is 27.1 Å². The van der Waals surface area contributed by atoms with E-state index in [1.807, 2.05) is 31.2 Å². The second-order valence-corrected chi connectivity index (χ2v) is 7.97. The number of rotatable bonds is 6. The van der Waals surface area contributed by atoms with Crippen molar-refractivity contribution in [2.75, 3.05) is 17.1 Å². The highest BCUT2D eigenvalue weighted by atomic mass is 32.2. The standard InChI is InChI=1S/C18H20F2N2O3S/c1-12-4-6-14(7-5-12)13(2)21-18(23)11-22(26(3,24)25)15-8-9-16(19)17(20)10-15/h4-10,13H,11H2,1-3H3,(H,21,23)/t13-/m0/s1. The van der Waals surface area contributed by atoms with Crippen molar-refractivity contribution in [3.8, 4) is 0 Å². The average Bonchev–Trinajstić information content (AvgIpc) is 2.55. The molecule has 0 radical (unpaired) electrons. The first-order chi connectivity index (χ1) is 12.1. The van der Waals surface area contributed by atoms with Crippen molar-refractivity contribution < 1.29 is 22.0 Å². The molecule has 2 aromatic carbocycles. The number of nitrogens with one attached hydrogen (secondary N) is 1. The molecule has 0 saturated heterocycles. The molecule has 26 heavy (non-hydrogen) atoms. The summed E-state index contributed by atoms with van der Waals surface area (Å²) in [7, 11) is -3.87. The zero-order valence-electron chi connectivity index (χ0n) is 14.7. The van der Waals surface area contributed by atoms with E-state index in [1.165, 1.54) is 0 Å². The molecule has 0 aliphatic heterocycles. The van der Waals surface area contributed by atoms with E-state index in [0.717, 1.165) is 39.9 Å². The zero-order chi connectivity index (χ0) is 19.5. The summed E-state index contributed by atoms with van der Waals surface area (Å²) in [5.74, 6) is -2.85. The molecule has 0 fully saturated rings. The van der Waals surface area contributed by atoms with Crippen molar-refractivity contribution in [2.24, 2.45) is 0 Å². The Balaban J connectivity index is 2.16. The van der Waals surface area contributed by atoms with E-state index in [9.17, 15) is 22.0 Å². The maximum absolute atomic E-state index is 13.4. The molecule has 0 spiro atoms. The summed E-state index contributed by atoms with van der Waals surface area (Å²) in [6.45, 7) is 3.17. The maximum Gasteiger partial charge on any atom is 0.241 e. The highest BCUT2D eigenvalue weighted by Crippen LogP contribution is 2.20. The van der Waals surface area contributed by atoms with Gasteiger partial charge in [0.05, 0.1) is 18.0 Å². The molecule has 8 heteroatoms. The van der Waals surface area contributed by atoms with Gasteiger partial charge >= 0.3 is 0 Å². The number of benzene rings is 2. The normalized spacial score (nSPS) is 12.5. The number of anilines is 1. The Morgan fingerprint density at radius 2 is 1.73 bits per heavy atom. The van der Waals surface area contributed by atoms with Crippen molar-refractivity contribution in [1.82, 2.24) is 5.32 Å². The molecule has 1 atom stereocenters. The van der Waals surface area contributed by atoms with Crippen LogP contribution in [0.1, 0.15) is 24.1 Å². The van der Waals surface area contributed by atoms with Crippen LogP contribution in [-0.2, 0) is 14.8 Å². The summed E-state index contributed by atoms with van der Waals surface area (Å²) >= 11 is 0. The fraction of sp³-hybridized carbons (Fsp3) is 0.278. The number of aryl methyl sites for hydroxylation is 1. The Labute approximate surface area is 151 Å². The zero-order valence-corrected chi connectivity index (χ0v) is 15.5. The van der Waals surface area contributed by atoms with Gasteiger partial charge in [0.1, 0.15) is 6.54 Å². The van der Waals surface area contributed by atoms with Gasteiger partial charge in [-0.3, -0.25) is 9.10 Å². The third-order valence-electron chi connectivity index (χ3n) is 3.83. The molecule has 2 aromatic rings. The molecule has 140 valence electrons. The number of carbonyl (C=O) groups is 1. The minimum absolute atomic E-state index is 0.121. The smallest absolute Gasteiger partial charge is 0.241 e. The molecule has 0 unspecified atom stereocenters. The van der Waals surface area contributed by atoms with Gasteiger partial charge in [-0.05, 0) is 31.5 Å². The van der Waals surface area contributed by atoms with Crippen molar-refractivity contribution >= 4 is 21.6 Å². The van der Waals surface area contributed by atoms with Crippen LogP contribution in [0.25, 0.3) is 0 Å². The average molecular weight is 382 g/mol. The van der Waals surface area contributed by atoms with E-state index in [2.05, 4.69) is 5.32 Å². The molecule has 0 aliphatic carbocycles. The van der Waals surface area contributed by atoms with Crippen molar-refractivity contribution in [3.05, 3.63) is 65.2 Å². The van der Waals surface area contributed by atoms with Crippen molar-refractivity contribution in [1.29, 1.82) is 0 Å². The molecule has 1 N–H and O–H groups in total. The monoisotopic (exact) mass is 382 g/mol. The number of hydrogen-bond acceptors (Lipinski definition) is 3. The first-order valence-corrected chi connectivity index (χ1v) is 9.71. The lowest BCUT2D eigenvalue weighted by Gasteiger charge is -2.23. The van der Waals surface area contributed by atoms with E-state index in [1.54, 1.807) is 6.92 Å². The molecule has 2 rings (SSSR count). The van der Waals surface area contributed by atoms with Gasteiger partial charge in [0.2, 0.25) is 15.9 Å². The van der Waals surface area contributed by atoms with Gasteiger partial charge in [0, 0.05) is 6.07 Å². The highest BCUT2D eigenvalue weighted by Gasteiger charge is 2.23. The Bertz CT molecular complexity index is 899. The van der Waals surface area contributed by atoms with Gasteiger partial charge in [0.15, 0.2) is 11.6 Å². The molecule has 5 nitrogen and oxygen atoms in total. The summed E-state index contributed by atoms with van der Waals surface area (Å²) < 4.78 is 51.2. The summed E-state index contributed by atoms with van der Waals surface area (Å²) in [6, 6.07) is 9.87. The summed E-state index contributed by atoms with van der Waals surface area (Å²) in [5, 5.41) is 2.70. The first-order valence-electron chi connectivity index (χ1n) is 7.86. The molecule has 0 bridgehead atoms. The van der Waals surface area contributed by atoms with Gasteiger partial charge in [0.25, 0.3) is 0 Å². The lowest BCUT2D eigenvalue weighted by atomic mass is 10.1. The molecule has 0 aromatic heterocycles. The van der Waals surface area contributed by atoms with Crippen LogP contribution in [0.5, 0.6) is 0 Å². The quantitative estimate of drug-likeness (QED) is 0.835. The van der Waals surface area contributed by atoms with E-state index in [-0.39, 0.29) is 11.7 Å². The van der Waals surface area contributed by atoms with Crippen LogP contribution in [0, 0.1) is 18.6 Å². The molecular formula is C18H20F2N2O3S. The Hall–Kier alpha value is -2.48. The van der Waals surface area contributed by atoms with Gasteiger partial charge in [-0.15, -0.1) is 0 Å². The van der Waals surface area contributed by atoms with Crippen LogP contribution in [0.4, 0.5) is 14.5 Å². The maximum atomic E-state index is 13.4. The second kappa shape index (κ2) is 7.82. The SMILES string of the molecule is Cc1ccc([C@H](C)NC(=O)CN(c2ccc(F)c(F)c2)S(C)(=O)=O)cc1. The van der Waals surface area contributed by atoms with Gasteiger partial charge in [-0.2, -0.15) is 0 Å². The van der Waals surface area contributed by atoms with Crippen molar-refractivity contribution in [3.63, 3.8) is 0 Å². The Kier molecular flexibility index (Phi) is 5.97. The first kappa shape index (κ1) is 19.8. The van der Waals surface area contributed by atoms with Crippen LogP contribution in [0.2, 0.25) is 0 Å². The van der Waals surface area contributed by atoms with Crippen LogP contribution >= 0.6 is 0 Å². The fourth-order valence-corrected chi connectivity index (χ4v) is 3.24. The van der Waals surface area contributed by atoms with Crippen LogP contribution in [0.3, 0.4) is 0 Å². The van der Waals surface area contributed by atoms with Crippen LogP contribution < -0.4 is 9.62 Å². The third kappa shape index (κ3) is 5.01. The molecule has 0 aliphatic rings. The predicted octanol–water partition coefficient (Wildman–Crippen LogP) is 2.92. The molecule has 0 heterocycles. The number of hydrogen-bond donors (Lipinski definition) is 1. The number of nitrogens with zero attached hydrogens (tertiary/aromatic N) is 1. The van der Waals surface area contributed by atoms with E-state index in [4.69, 9.17) is 0 Å². The third-order valence-corrected chi connectivity index (χ3v) is 4.97. The van der Waals surface area contributed by atoms with Gasteiger partial charge < -0.3 is 5.32 Å². The minimum atomic E-state index is -3.87. The van der Waals surface area contributed by atoms with E-state index >= 15 is 0 Å². The Morgan fingerprint density at radius 1 is 1.12 bits per heavy atom. The van der Waals surface area contributed by atoms with Gasteiger partial charge in [-0.25, -0.2) is 17.2 Å². The van der Waals surface area contributed by atoms with E-state index < -0.39 is 34.1 Å². The predicted molar refractivity (Wildman–Crippen MR) is 96.3 cm³/mol. The largest absolute Gasteiger partial charge is 0.348 e. The number of amides is 1. The minimum Gasteiger partial charge on any atom is -0.348 e. The summed E-state index contributed by atoms with van der Waals surface area (Å²) in [4.78, 5) is 12.3. The number of halogens is 2. The van der Waals surface area contributed by atoms with Crippen molar-refractivity contribution in [2.45, 2.75) is 19.9 Å². The van der Waals surface area contributed by atoms with E-state index in [0.29, 0.717) is 0 Å². The Morgan fingerprint density at radius 3 is 2.27 bits per heavy atom. The summed E-state index contributed by atoms with van der Waals surface area (Å²) in [6.07, 6.45) is 0.894. The topological polar surface area (TPSA) is 66.5 Å². The molecular weight excluding hydrogens is 362 g/mol. The molecule has 0 saturated carbocycles. The lowest BCUT2D eigenvalue weighted by molar-refractivity contribution is -0.120. The van der Waals surface area contributed by atoms with Gasteiger partial charge in [-0.1, -0.05) is 29.8 Å².